The van der Waals surface area contributed by atoms with Crippen LogP contribution in [0.2, 0.25) is 0 Å². The minimum Gasteiger partial charge on any atom is -0.0654 e. The highest BCUT2D eigenvalue weighted by molar-refractivity contribution is 4.43. The van der Waals surface area contributed by atoms with E-state index in [4.69, 9.17) is 0 Å². The third-order valence-electron chi connectivity index (χ3n) is 3.41. The Hall–Kier alpha value is 0. The van der Waals surface area contributed by atoms with E-state index in [1.807, 2.05) is 0 Å². The molecule has 0 saturated heterocycles. The topological polar surface area (TPSA) is 0 Å². The van der Waals surface area contributed by atoms with Crippen molar-refractivity contribution in [2.45, 2.75) is 131 Å². The van der Waals surface area contributed by atoms with Crippen LogP contribution in [-0.4, -0.2) is 0 Å². The van der Waals surface area contributed by atoms with Crippen LogP contribution in [0.4, 0.5) is 0 Å². The summed E-state index contributed by atoms with van der Waals surface area (Å²) in [5.74, 6) is 0. The molecule has 0 N–H and O–H groups in total. The van der Waals surface area contributed by atoms with E-state index in [1.165, 1.54) is 89.9 Å². The van der Waals surface area contributed by atoms with Crippen molar-refractivity contribution in [3.63, 3.8) is 0 Å². The lowest BCUT2D eigenvalue weighted by Gasteiger charge is -1.97. The van der Waals surface area contributed by atoms with E-state index < -0.39 is 0 Å². The molecule has 0 heterocycles. The summed E-state index contributed by atoms with van der Waals surface area (Å²) in [5, 5.41) is 0. The van der Waals surface area contributed by atoms with Gasteiger partial charge in [0.15, 0.2) is 0 Å². The monoisotopic (exact) mass is 286 g/mol. The number of rotatable bonds is 11. The SMILES string of the molecule is CCCC.CCCCCC.CCCCCCCCCC. The molecule has 0 amide bonds. The van der Waals surface area contributed by atoms with Crippen LogP contribution in [0.1, 0.15) is 131 Å². The first kappa shape index (κ1) is 25.0. The van der Waals surface area contributed by atoms with Gasteiger partial charge in [-0.25, -0.2) is 0 Å². The molecule has 0 aromatic carbocycles. The molecule has 0 unspecified atom stereocenters. The minimum absolute atomic E-state index is 1.32. The van der Waals surface area contributed by atoms with Crippen molar-refractivity contribution < 1.29 is 0 Å². The summed E-state index contributed by atoms with van der Waals surface area (Å²) in [5.41, 5.74) is 0. The number of hydrogen-bond donors (Lipinski definition) is 0. The van der Waals surface area contributed by atoms with Gasteiger partial charge in [0, 0.05) is 0 Å². The Bertz CT molecular complexity index is 92.6. The van der Waals surface area contributed by atoms with Crippen molar-refractivity contribution in [1.82, 2.24) is 0 Å². The maximum atomic E-state index is 2.27. The van der Waals surface area contributed by atoms with Crippen LogP contribution in [0.5, 0.6) is 0 Å². The van der Waals surface area contributed by atoms with Crippen LogP contribution in [0.3, 0.4) is 0 Å². The quantitative estimate of drug-likeness (QED) is 0.334. The second-order valence-electron chi connectivity index (χ2n) is 5.83. The first-order valence-corrected chi connectivity index (χ1v) is 9.74. The van der Waals surface area contributed by atoms with Crippen LogP contribution in [0.15, 0.2) is 0 Å². The molecule has 0 aliphatic heterocycles. The minimum atomic E-state index is 1.32. The molecule has 0 aliphatic carbocycles. The van der Waals surface area contributed by atoms with Gasteiger partial charge in [0.25, 0.3) is 0 Å². The zero-order valence-electron chi connectivity index (χ0n) is 15.9. The lowest BCUT2D eigenvalue weighted by molar-refractivity contribution is 0.585. The summed E-state index contributed by atoms with van der Waals surface area (Å²) in [6, 6.07) is 0. The first-order valence-electron chi connectivity index (χ1n) is 9.74. The molecule has 0 aliphatic rings. The van der Waals surface area contributed by atoms with Crippen LogP contribution < -0.4 is 0 Å². The summed E-state index contributed by atoms with van der Waals surface area (Å²) >= 11 is 0. The third kappa shape index (κ3) is 43.0. The molecule has 0 aromatic heterocycles. The van der Waals surface area contributed by atoms with Gasteiger partial charge in [0.1, 0.15) is 0 Å². The largest absolute Gasteiger partial charge is 0.0654 e. The lowest BCUT2D eigenvalue weighted by Crippen LogP contribution is -1.77. The van der Waals surface area contributed by atoms with Crippen molar-refractivity contribution in [2.75, 3.05) is 0 Å². The molecule has 0 radical (unpaired) electrons. The van der Waals surface area contributed by atoms with E-state index in [0.29, 0.717) is 0 Å². The van der Waals surface area contributed by atoms with Crippen LogP contribution in [0, 0.1) is 0 Å². The molecule has 0 spiro atoms. The fourth-order valence-corrected chi connectivity index (χ4v) is 1.71. The Kier molecular flexibility index (Phi) is 39.2. The Labute approximate surface area is 132 Å². The van der Waals surface area contributed by atoms with Crippen molar-refractivity contribution in [2.24, 2.45) is 0 Å². The molecule has 0 nitrogen and oxygen atoms in total. The molecule has 20 heavy (non-hydrogen) atoms. The maximum Gasteiger partial charge on any atom is -0.0533 e. The predicted octanol–water partition coefficient (Wildman–Crippen LogP) is 8.54. The van der Waals surface area contributed by atoms with Gasteiger partial charge in [-0.3, -0.25) is 0 Å². The molecule has 0 atom stereocenters. The van der Waals surface area contributed by atoms with Gasteiger partial charge in [-0.1, -0.05) is 131 Å². The molecule has 0 heteroatoms. The van der Waals surface area contributed by atoms with Crippen molar-refractivity contribution in [3.05, 3.63) is 0 Å². The van der Waals surface area contributed by atoms with Crippen LogP contribution >= 0.6 is 0 Å². The normalized spacial score (nSPS) is 9.30. The number of unbranched alkanes of at least 4 members (excludes halogenated alkanes) is 11. The zero-order chi connectivity index (χ0) is 15.9. The van der Waals surface area contributed by atoms with Crippen molar-refractivity contribution in [3.8, 4) is 0 Å². The predicted molar refractivity (Wildman–Crippen MR) is 98.7 cm³/mol. The van der Waals surface area contributed by atoms with Gasteiger partial charge < -0.3 is 0 Å². The third-order valence-corrected chi connectivity index (χ3v) is 3.41. The Morgan fingerprint density at radius 1 is 0.250 bits per heavy atom. The van der Waals surface area contributed by atoms with E-state index in [1.54, 1.807) is 0 Å². The van der Waals surface area contributed by atoms with E-state index in [0.717, 1.165) is 0 Å². The molecule has 0 fully saturated rings. The smallest absolute Gasteiger partial charge is 0.0533 e. The second kappa shape index (κ2) is 31.4. The summed E-state index contributed by atoms with van der Waals surface area (Å²) in [7, 11) is 0. The summed E-state index contributed by atoms with van der Waals surface area (Å²) in [6.45, 7) is 13.4. The molecular weight excluding hydrogens is 240 g/mol. The van der Waals surface area contributed by atoms with Crippen LogP contribution in [-0.2, 0) is 0 Å². The average molecular weight is 287 g/mol. The highest BCUT2D eigenvalue weighted by Crippen LogP contribution is 2.07. The maximum absolute atomic E-state index is 2.27. The van der Waals surface area contributed by atoms with E-state index in [2.05, 4.69) is 41.5 Å². The average Bonchev–Trinajstić information content (AvgIpc) is 2.49. The second-order valence-corrected chi connectivity index (χ2v) is 5.83. The molecule has 0 aromatic rings. The summed E-state index contributed by atoms with van der Waals surface area (Å²) < 4.78 is 0. The zero-order valence-corrected chi connectivity index (χ0v) is 15.9. The van der Waals surface area contributed by atoms with E-state index in [-0.39, 0.29) is 0 Å². The highest BCUT2D eigenvalue weighted by atomic mass is 13.9. The summed E-state index contributed by atoms with van der Waals surface area (Å²) in [6.07, 6.45) is 19.6. The van der Waals surface area contributed by atoms with Gasteiger partial charge in [-0.05, 0) is 0 Å². The van der Waals surface area contributed by atoms with Gasteiger partial charge in [-0.2, -0.15) is 0 Å². The molecule has 126 valence electrons. The molecule has 0 rings (SSSR count). The van der Waals surface area contributed by atoms with E-state index >= 15 is 0 Å². The van der Waals surface area contributed by atoms with E-state index in [9.17, 15) is 0 Å². The van der Waals surface area contributed by atoms with Crippen molar-refractivity contribution in [1.29, 1.82) is 0 Å². The standard InChI is InChI=1S/C10H22.C6H14.C4H10/c1-3-5-7-9-10-8-6-4-2;1-3-5-6-4-2;1-3-4-2/h3-10H2,1-2H3;3-6H2,1-2H3;3-4H2,1-2H3. The van der Waals surface area contributed by atoms with Crippen molar-refractivity contribution >= 4 is 0 Å². The first-order chi connectivity index (χ1) is 9.74. The van der Waals surface area contributed by atoms with Gasteiger partial charge in [0.05, 0.1) is 0 Å². The highest BCUT2D eigenvalue weighted by Gasteiger charge is 1.87. The molecule has 0 saturated carbocycles. The van der Waals surface area contributed by atoms with Gasteiger partial charge in [-0.15, -0.1) is 0 Å². The lowest BCUT2D eigenvalue weighted by atomic mass is 10.1. The Morgan fingerprint density at radius 3 is 0.650 bits per heavy atom. The number of hydrogen-bond acceptors (Lipinski definition) is 0. The molecular formula is C20H46. The molecule has 0 bridgehead atoms. The fourth-order valence-electron chi connectivity index (χ4n) is 1.71. The van der Waals surface area contributed by atoms with Gasteiger partial charge in [0.2, 0.25) is 0 Å². The fraction of sp³-hybridized carbons (Fsp3) is 1.00. The van der Waals surface area contributed by atoms with Crippen LogP contribution in [0.25, 0.3) is 0 Å². The Balaban J connectivity index is -0.000000246. The van der Waals surface area contributed by atoms with Gasteiger partial charge >= 0.3 is 0 Å². The Morgan fingerprint density at radius 2 is 0.450 bits per heavy atom. The summed E-state index contributed by atoms with van der Waals surface area (Å²) in [4.78, 5) is 0.